The molecule has 0 aromatic heterocycles. The average molecular weight is 215 g/mol. The molecule has 1 saturated heterocycles. The van der Waals surface area contributed by atoms with E-state index in [1.54, 1.807) is 0 Å². The van der Waals surface area contributed by atoms with Gasteiger partial charge in [-0.15, -0.1) is 0 Å². The molecule has 1 fully saturated rings. The summed E-state index contributed by atoms with van der Waals surface area (Å²) in [6.07, 6.45) is 2.09. The van der Waals surface area contributed by atoms with Crippen LogP contribution in [0.15, 0.2) is 12.1 Å². The predicted octanol–water partition coefficient (Wildman–Crippen LogP) is 2.49. The Morgan fingerprint density at radius 3 is 2.93 bits per heavy atom. The zero-order chi connectivity index (χ0) is 10.1. The van der Waals surface area contributed by atoms with E-state index in [9.17, 15) is 4.39 Å². The van der Waals surface area contributed by atoms with Crippen LogP contribution in [-0.4, -0.2) is 6.54 Å². The van der Waals surface area contributed by atoms with Crippen molar-refractivity contribution >= 4 is 17.3 Å². The third-order valence-electron chi connectivity index (χ3n) is 2.56. The van der Waals surface area contributed by atoms with E-state index < -0.39 is 0 Å². The topological polar surface area (TPSA) is 38.0 Å². The van der Waals surface area contributed by atoms with Crippen LogP contribution in [0.25, 0.3) is 0 Å². The molecular formula is C10H12ClFN2. The molecule has 3 N–H and O–H groups in total. The number of nitrogen functional groups attached to an aromatic ring is 1. The summed E-state index contributed by atoms with van der Waals surface area (Å²) in [5.74, 6) is -0.326. The average Bonchev–Trinajstić information content (AvgIpc) is 2.63. The third-order valence-corrected chi connectivity index (χ3v) is 2.87. The molecule has 1 heterocycles. The van der Waals surface area contributed by atoms with Crippen LogP contribution in [0.5, 0.6) is 0 Å². The van der Waals surface area contributed by atoms with Gasteiger partial charge in [0.1, 0.15) is 5.82 Å². The standard InChI is InChI=1S/C10H12ClFN2/c11-8-5-6(12)4-7(10(8)13)9-2-1-3-14-9/h4-5,9,14H,1-3,13H2/t9-/m1/s1. The van der Waals surface area contributed by atoms with E-state index in [2.05, 4.69) is 5.32 Å². The maximum absolute atomic E-state index is 13.1. The van der Waals surface area contributed by atoms with Crippen molar-refractivity contribution in [2.45, 2.75) is 18.9 Å². The number of anilines is 1. The van der Waals surface area contributed by atoms with Crippen molar-refractivity contribution in [3.05, 3.63) is 28.5 Å². The summed E-state index contributed by atoms with van der Waals surface area (Å²) >= 11 is 5.80. The minimum atomic E-state index is -0.326. The van der Waals surface area contributed by atoms with E-state index >= 15 is 0 Å². The first-order valence-electron chi connectivity index (χ1n) is 4.66. The van der Waals surface area contributed by atoms with Crippen LogP contribution in [0, 0.1) is 5.82 Å². The second-order valence-electron chi connectivity index (χ2n) is 3.54. The lowest BCUT2D eigenvalue weighted by atomic mass is 10.0. The van der Waals surface area contributed by atoms with Crippen LogP contribution in [0.1, 0.15) is 24.4 Å². The molecule has 4 heteroatoms. The van der Waals surface area contributed by atoms with Crippen LogP contribution in [0.4, 0.5) is 10.1 Å². The predicted molar refractivity (Wildman–Crippen MR) is 55.8 cm³/mol. The highest BCUT2D eigenvalue weighted by molar-refractivity contribution is 6.33. The summed E-state index contributed by atoms with van der Waals surface area (Å²) < 4.78 is 13.1. The highest BCUT2D eigenvalue weighted by Gasteiger charge is 2.20. The molecule has 0 saturated carbocycles. The molecule has 0 radical (unpaired) electrons. The molecule has 0 unspecified atom stereocenters. The van der Waals surface area contributed by atoms with E-state index in [4.69, 9.17) is 17.3 Å². The van der Waals surface area contributed by atoms with E-state index in [1.807, 2.05) is 0 Å². The molecular weight excluding hydrogens is 203 g/mol. The second kappa shape index (κ2) is 3.75. The van der Waals surface area contributed by atoms with Gasteiger partial charge in [0, 0.05) is 6.04 Å². The van der Waals surface area contributed by atoms with E-state index in [-0.39, 0.29) is 11.9 Å². The number of nitrogens with one attached hydrogen (secondary N) is 1. The SMILES string of the molecule is Nc1c(Cl)cc(F)cc1[C@H]1CCCN1. The Balaban J connectivity index is 2.40. The number of nitrogens with two attached hydrogens (primary N) is 1. The first-order chi connectivity index (χ1) is 6.68. The van der Waals surface area contributed by atoms with E-state index in [0.717, 1.165) is 24.9 Å². The van der Waals surface area contributed by atoms with Crippen molar-refractivity contribution in [2.24, 2.45) is 0 Å². The van der Waals surface area contributed by atoms with Gasteiger partial charge < -0.3 is 11.1 Å². The summed E-state index contributed by atoms with van der Waals surface area (Å²) in [7, 11) is 0. The fourth-order valence-corrected chi connectivity index (χ4v) is 2.06. The molecule has 14 heavy (non-hydrogen) atoms. The molecule has 2 rings (SSSR count). The zero-order valence-corrected chi connectivity index (χ0v) is 8.44. The molecule has 76 valence electrons. The van der Waals surface area contributed by atoms with Gasteiger partial charge in [-0.3, -0.25) is 0 Å². The van der Waals surface area contributed by atoms with Gasteiger partial charge in [0.05, 0.1) is 10.7 Å². The molecule has 1 aromatic carbocycles. The van der Waals surface area contributed by atoms with Crippen LogP contribution >= 0.6 is 11.6 Å². The molecule has 0 amide bonds. The summed E-state index contributed by atoms with van der Waals surface area (Å²) in [6.45, 7) is 0.957. The van der Waals surface area contributed by atoms with Gasteiger partial charge in [-0.1, -0.05) is 11.6 Å². The van der Waals surface area contributed by atoms with E-state index in [1.165, 1.54) is 12.1 Å². The molecule has 0 spiro atoms. The highest BCUT2D eigenvalue weighted by atomic mass is 35.5. The van der Waals surface area contributed by atoms with Crippen molar-refractivity contribution < 1.29 is 4.39 Å². The first kappa shape index (κ1) is 9.74. The van der Waals surface area contributed by atoms with Crippen molar-refractivity contribution in [3.63, 3.8) is 0 Å². The van der Waals surface area contributed by atoms with E-state index in [0.29, 0.717) is 10.7 Å². The molecule has 1 atom stereocenters. The summed E-state index contributed by atoms with van der Waals surface area (Å²) in [4.78, 5) is 0. The number of benzene rings is 1. The van der Waals surface area contributed by atoms with Crippen LogP contribution in [-0.2, 0) is 0 Å². The van der Waals surface area contributed by atoms with Gasteiger partial charge in [-0.05, 0) is 37.1 Å². The molecule has 0 aliphatic carbocycles. The highest BCUT2D eigenvalue weighted by Crippen LogP contribution is 2.32. The summed E-state index contributed by atoms with van der Waals surface area (Å²) in [6, 6.07) is 2.86. The minimum absolute atomic E-state index is 0.156. The minimum Gasteiger partial charge on any atom is -0.397 e. The monoisotopic (exact) mass is 214 g/mol. The Labute approximate surface area is 87.2 Å². The van der Waals surface area contributed by atoms with Crippen LogP contribution in [0.2, 0.25) is 5.02 Å². The van der Waals surface area contributed by atoms with Gasteiger partial charge in [0.25, 0.3) is 0 Å². The molecule has 0 bridgehead atoms. The van der Waals surface area contributed by atoms with Crippen LogP contribution < -0.4 is 11.1 Å². The lowest BCUT2D eigenvalue weighted by molar-refractivity contribution is 0.608. The van der Waals surface area contributed by atoms with Crippen molar-refractivity contribution in [1.29, 1.82) is 0 Å². The smallest absolute Gasteiger partial charge is 0.125 e. The zero-order valence-electron chi connectivity index (χ0n) is 7.69. The molecule has 1 aliphatic heterocycles. The van der Waals surface area contributed by atoms with Gasteiger partial charge >= 0.3 is 0 Å². The number of hydrogen-bond acceptors (Lipinski definition) is 2. The maximum Gasteiger partial charge on any atom is 0.125 e. The van der Waals surface area contributed by atoms with Crippen LogP contribution in [0.3, 0.4) is 0 Å². The lowest BCUT2D eigenvalue weighted by Crippen LogP contribution is -2.15. The molecule has 1 aromatic rings. The van der Waals surface area contributed by atoms with Gasteiger partial charge in [-0.25, -0.2) is 4.39 Å². The first-order valence-corrected chi connectivity index (χ1v) is 5.04. The Hall–Kier alpha value is -0.800. The number of rotatable bonds is 1. The fourth-order valence-electron chi connectivity index (χ4n) is 1.84. The Morgan fingerprint density at radius 2 is 2.29 bits per heavy atom. The normalized spacial score (nSPS) is 21.4. The fraction of sp³-hybridized carbons (Fsp3) is 0.400. The maximum atomic E-state index is 13.1. The van der Waals surface area contributed by atoms with Crippen molar-refractivity contribution in [3.8, 4) is 0 Å². The largest absolute Gasteiger partial charge is 0.397 e. The van der Waals surface area contributed by atoms with Gasteiger partial charge in [0.2, 0.25) is 0 Å². The Morgan fingerprint density at radius 1 is 1.50 bits per heavy atom. The molecule has 2 nitrogen and oxygen atoms in total. The summed E-state index contributed by atoms with van der Waals surface area (Å²) in [5, 5.41) is 3.56. The van der Waals surface area contributed by atoms with Crippen molar-refractivity contribution in [2.75, 3.05) is 12.3 Å². The van der Waals surface area contributed by atoms with Gasteiger partial charge in [0.15, 0.2) is 0 Å². The Kier molecular flexibility index (Phi) is 2.61. The number of hydrogen-bond donors (Lipinski definition) is 2. The van der Waals surface area contributed by atoms with Gasteiger partial charge in [-0.2, -0.15) is 0 Å². The number of halogens is 2. The lowest BCUT2D eigenvalue weighted by Gasteiger charge is -2.14. The third kappa shape index (κ3) is 1.70. The molecule has 1 aliphatic rings. The second-order valence-corrected chi connectivity index (χ2v) is 3.95. The quantitative estimate of drug-likeness (QED) is 0.705. The summed E-state index contributed by atoms with van der Waals surface area (Å²) in [5.41, 5.74) is 7.07. The van der Waals surface area contributed by atoms with Crippen molar-refractivity contribution in [1.82, 2.24) is 5.32 Å². The Bertz CT molecular complexity index is 348.